The van der Waals surface area contributed by atoms with Crippen LogP contribution in [0.3, 0.4) is 0 Å². The van der Waals surface area contributed by atoms with Crippen LogP contribution in [0, 0.1) is 17.0 Å². The molecule has 3 rings (SSSR count). The van der Waals surface area contributed by atoms with Crippen LogP contribution in [0.2, 0.25) is 0 Å². The number of halogens is 2. The number of H-pyrrole nitrogens is 2. The molecule has 2 heterocycles. The van der Waals surface area contributed by atoms with Crippen LogP contribution in [-0.2, 0) is 0 Å². The summed E-state index contributed by atoms with van der Waals surface area (Å²) in [6, 6.07) is 4.86. The maximum Gasteiger partial charge on any atom is 0.259 e. The summed E-state index contributed by atoms with van der Waals surface area (Å²) in [6.07, 6.45) is 4.15. The van der Waals surface area contributed by atoms with Gasteiger partial charge in [-0.1, -0.05) is 6.07 Å². The first kappa shape index (κ1) is 14.6. The van der Waals surface area contributed by atoms with Crippen LogP contribution >= 0.6 is 0 Å². The van der Waals surface area contributed by atoms with E-state index in [1.807, 2.05) is 0 Å². The van der Waals surface area contributed by atoms with Gasteiger partial charge in [0.15, 0.2) is 0 Å². The second-order valence-corrected chi connectivity index (χ2v) is 4.68. The molecule has 4 N–H and O–H groups in total. The van der Waals surface area contributed by atoms with Crippen molar-refractivity contribution >= 4 is 17.1 Å². The number of anilines is 2. The zero-order valence-electron chi connectivity index (χ0n) is 11.7. The predicted molar refractivity (Wildman–Crippen MR) is 81.2 cm³/mol. The minimum absolute atomic E-state index is 0.0449. The number of hydrogen-bond acceptors (Lipinski definition) is 4. The Morgan fingerprint density at radius 2 is 1.96 bits per heavy atom. The molecule has 0 atom stereocenters. The van der Waals surface area contributed by atoms with Gasteiger partial charge < -0.3 is 10.3 Å². The van der Waals surface area contributed by atoms with E-state index in [0.29, 0.717) is 5.56 Å². The third-order valence-electron chi connectivity index (χ3n) is 3.22. The lowest BCUT2D eigenvalue weighted by molar-refractivity contribution is 0.591. The van der Waals surface area contributed by atoms with Crippen LogP contribution in [0.15, 0.2) is 47.7 Å². The molecule has 6 nitrogen and oxygen atoms in total. The lowest BCUT2D eigenvalue weighted by atomic mass is 10.1. The molecule has 0 aliphatic heterocycles. The van der Waals surface area contributed by atoms with Gasteiger partial charge in [0.25, 0.3) is 5.56 Å². The number of aromatic amines is 2. The molecule has 0 aliphatic rings. The van der Waals surface area contributed by atoms with Crippen molar-refractivity contribution in [2.24, 2.45) is 0 Å². The van der Waals surface area contributed by atoms with Crippen LogP contribution < -0.4 is 10.9 Å². The van der Waals surface area contributed by atoms with E-state index >= 15 is 0 Å². The molecule has 3 aromatic rings. The SMILES string of the molecule is N=C(c1cn[nH]c1)c1c(Nc2c(F)cccc2F)cc[nH]c1=O. The summed E-state index contributed by atoms with van der Waals surface area (Å²) >= 11 is 0. The van der Waals surface area contributed by atoms with Crippen molar-refractivity contribution < 1.29 is 8.78 Å². The molecule has 0 fully saturated rings. The fourth-order valence-corrected chi connectivity index (χ4v) is 2.11. The third kappa shape index (κ3) is 2.73. The summed E-state index contributed by atoms with van der Waals surface area (Å²) in [6.45, 7) is 0. The maximum absolute atomic E-state index is 13.8. The van der Waals surface area contributed by atoms with Crippen LogP contribution in [0.1, 0.15) is 11.1 Å². The average molecular weight is 315 g/mol. The van der Waals surface area contributed by atoms with Crippen molar-refractivity contribution in [2.45, 2.75) is 0 Å². The summed E-state index contributed by atoms with van der Waals surface area (Å²) in [4.78, 5) is 14.5. The summed E-state index contributed by atoms with van der Waals surface area (Å²) in [7, 11) is 0. The number of nitrogens with one attached hydrogen (secondary N) is 4. The molecule has 0 unspecified atom stereocenters. The van der Waals surface area contributed by atoms with Gasteiger partial charge in [0.1, 0.15) is 17.3 Å². The van der Waals surface area contributed by atoms with Gasteiger partial charge in [-0.05, 0) is 18.2 Å². The Morgan fingerprint density at radius 1 is 1.22 bits per heavy atom. The van der Waals surface area contributed by atoms with E-state index in [2.05, 4.69) is 20.5 Å². The van der Waals surface area contributed by atoms with Crippen LogP contribution in [0.4, 0.5) is 20.2 Å². The van der Waals surface area contributed by atoms with Crippen molar-refractivity contribution in [1.82, 2.24) is 15.2 Å². The number of aromatic nitrogens is 3. The minimum Gasteiger partial charge on any atom is -0.350 e. The molecule has 0 bridgehead atoms. The highest BCUT2D eigenvalue weighted by Crippen LogP contribution is 2.25. The minimum atomic E-state index is -0.800. The Kier molecular flexibility index (Phi) is 3.71. The molecule has 0 saturated heterocycles. The normalized spacial score (nSPS) is 10.5. The molecule has 0 spiro atoms. The van der Waals surface area contributed by atoms with Crippen molar-refractivity contribution in [3.8, 4) is 0 Å². The third-order valence-corrected chi connectivity index (χ3v) is 3.22. The second-order valence-electron chi connectivity index (χ2n) is 4.68. The second kappa shape index (κ2) is 5.84. The number of hydrogen-bond donors (Lipinski definition) is 4. The van der Waals surface area contributed by atoms with Gasteiger partial charge in [0.05, 0.1) is 23.2 Å². The van der Waals surface area contributed by atoms with E-state index in [0.717, 1.165) is 12.1 Å². The molecule has 23 heavy (non-hydrogen) atoms. The van der Waals surface area contributed by atoms with Gasteiger partial charge in [-0.15, -0.1) is 0 Å². The summed E-state index contributed by atoms with van der Waals surface area (Å²) in [5.74, 6) is -1.60. The standard InChI is InChI=1S/C15H11F2N5O/c16-9-2-1-3-10(17)14(9)22-11-4-5-19-15(23)12(11)13(18)8-6-20-21-7-8/h1-7,18H,(H,20,21)(H2,19,22,23). The van der Waals surface area contributed by atoms with Crippen molar-refractivity contribution in [1.29, 1.82) is 5.41 Å². The highest BCUT2D eigenvalue weighted by molar-refractivity contribution is 6.13. The van der Waals surface area contributed by atoms with Gasteiger partial charge in [0.2, 0.25) is 0 Å². The lowest BCUT2D eigenvalue weighted by Gasteiger charge is -2.12. The number of benzene rings is 1. The molecule has 0 aliphatic carbocycles. The van der Waals surface area contributed by atoms with Crippen molar-refractivity contribution in [2.75, 3.05) is 5.32 Å². The highest BCUT2D eigenvalue weighted by Gasteiger charge is 2.17. The Bertz CT molecular complexity index is 898. The van der Waals surface area contributed by atoms with E-state index < -0.39 is 17.2 Å². The largest absolute Gasteiger partial charge is 0.350 e. The molecular weight excluding hydrogens is 304 g/mol. The zero-order valence-corrected chi connectivity index (χ0v) is 11.7. The summed E-state index contributed by atoms with van der Waals surface area (Å²) in [5, 5.41) is 17.0. The highest BCUT2D eigenvalue weighted by atomic mass is 19.1. The lowest BCUT2D eigenvalue weighted by Crippen LogP contribution is -2.20. The molecule has 0 saturated carbocycles. The first-order valence-corrected chi connectivity index (χ1v) is 6.58. The van der Waals surface area contributed by atoms with E-state index in [1.54, 1.807) is 0 Å². The Hall–Kier alpha value is -3.29. The van der Waals surface area contributed by atoms with Gasteiger partial charge in [-0.3, -0.25) is 15.3 Å². The molecule has 0 amide bonds. The summed E-state index contributed by atoms with van der Waals surface area (Å²) < 4.78 is 27.6. The topological polar surface area (TPSA) is 97.4 Å². The van der Waals surface area contributed by atoms with Gasteiger partial charge >= 0.3 is 0 Å². The smallest absolute Gasteiger partial charge is 0.259 e. The number of para-hydroxylation sites is 1. The van der Waals surface area contributed by atoms with Crippen LogP contribution in [0.25, 0.3) is 0 Å². The first-order valence-electron chi connectivity index (χ1n) is 6.58. The maximum atomic E-state index is 13.8. The summed E-state index contributed by atoms with van der Waals surface area (Å²) in [5.41, 5.74) is -0.628. The van der Waals surface area contributed by atoms with E-state index in [1.165, 1.54) is 30.7 Å². The number of nitrogens with zero attached hydrogens (tertiary/aromatic N) is 1. The van der Waals surface area contributed by atoms with E-state index in [4.69, 9.17) is 5.41 Å². The Morgan fingerprint density at radius 3 is 2.61 bits per heavy atom. The van der Waals surface area contributed by atoms with Gasteiger partial charge in [0, 0.05) is 18.0 Å². The average Bonchev–Trinajstić information content (AvgIpc) is 3.05. The van der Waals surface area contributed by atoms with Crippen molar-refractivity contribution in [3.05, 3.63) is 76.0 Å². The molecule has 116 valence electrons. The van der Waals surface area contributed by atoms with E-state index in [9.17, 15) is 13.6 Å². The fraction of sp³-hybridized carbons (Fsp3) is 0. The van der Waals surface area contributed by atoms with Gasteiger partial charge in [-0.25, -0.2) is 8.78 Å². The Balaban J connectivity index is 2.09. The molecule has 2 aromatic heterocycles. The zero-order chi connectivity index (χ0) is 16.4. The van der Waals surface area contributed by atoms with Crippen molar-refractivity contribution in [3.63, 3.8) is 0 Å². The number of rotatable bonds is 4. The first-order chi connectivity index (χ1) is 11.1. The molecular formula is C15H11F2N5O. The Labute approximate surface area is 128 Å². The number of pyridine rings is 1. The molecule has 0 radical (unpaired) electrons. The quantitative estimate of drug-likeness (QED) is 0.557. The van der Waals surface area contributed by atoms with Gasteiger partial charge in [-0.2, -0.15) is 5.10 Å². The monoisotopic (exact) mass is 315 g/mol. The predicted octanol–water partition coefficient (Wildman–Crippen LogP) is 2.54. The van der Waals surface area contributed by atoms with E-state index in [-0.39, 0.29) is 22.6 Å². The van der Waals surface area contributed by atoms with Crippen LogP contribution in [-0.4, -0.2) is 20.9 Å². The van der Waals surface area contributed by atoms with Crippen LogP contribution in [0.5, 0.6) is 0 Å². The molecule has 8 heteroatoms. The molecule has 1 aromatic carbocycles. The fourth-order valence-electron chi connectivity index (χ4n) is 2.11.